The summed E-state index contributed by atoms with van der Waals surface area (Å²) >= 11 is 0. The fourth-order valence-electron chi connectivity index (χ4n) is 2.51. The van der Waals surface area contributed by atoms with Crippen LogP contribution in [0.4, 0.5) is 0 Å². The van der Waals surface area contributed by atoms with Gasteiger partial charge in [0.15, 0.2) is 0 Å². The smallest absolute Gasteiger partial charge is 0.336 e. The zero-order chi connectivity index (χ0) is 16.1. The van der Waals surface area contributed by atoms with E-state index in [9.17, 15) is 4.79 Å². The first-order valence-electron chi connectivity index (χ1n) is 7.76. The van der Waals surface area contributed by atoms with Gasteiger partial charge in [-0.05, 0) is 19.1 Å². The lowest BCUT2D eigenvalue weighted by Crippen LogP contribution is -2.38. The van der Waals surface area contributed by atoms with Gasteiger partial charge in [-0.3, -0.25) is 4.90 Å². The van der Waals surface area contributed by atoms with Crippen molar-refractivity contribution in [3.63, 3.8) is 0 Å². The third-order valence-corrected chi connectivity index (χ3v) is 3.69. The maximum Gasteiger partial charge on any atom is 0.336 e. The molecule has 1 aliphatic heterocycles. The zero-order valence-corrected chi connectivity index (χ0v) is 13.1. The van der Waals surface area contributed by atoms with Crippen molar-refractivity contribution >= 4 is 23.2 Å². The molecule has 1 aromatic heterocycles. The highest BCUT2D eigenvalue weighted by atomic mass is 16.5. The second-order valence-electron chi connectivity index (χ2n) is 5.29. The lowest BCUT2D eigenvalue weighted by Gasteiger charge is -2.26. The van der Waals surface area contributed by atoms with Crippen molar-refractivity contribution in [1.82, 2.24) is 19.9 Å². The molecule has 1 aromatic carbocycles. The van der Waals surface area contributed by atoms with Crippen LogP contribution in [0.2, 0.25) is 0 Å². The number of para-hydroxylation sites is 1. The van der Waals surface area contributed by atoms with Gasteiger partial charge in [0, 0.05) is 25.8 Å². The van der Waals surface area contributed by atoms with E-state index in [1.165, 1.54) is 0 Å². The maximum atomic E-state index is 12.3. The molecule has 0 bridgehead atoms. The number of hydrogen-bond donors (Lipinski definition) is 0. The molecule has 0 amide bonds. The minimum atomic E-state index is -0.321. The van der Waals surface area contributed by atoms with Gasteiger partial charge in [0.05, 0.1) is 30.9 Å². The standard InChI is InChI=1S/C16H20N4O3/c1-2-23-16(21)13(11-19-7-9-22-10-8-19)12-20-15-6-4-3-5-14(15)17-18-20/h3-6,12H,2,7-11H2,1H3/b13-12+. The molecular weight excluding hydrogens is 296 g/mol. The summed E-state index contributed by atoms with van der Waals surface area (Å²) in [6.45, 7) is 5.62. The zero-order valence-electron chi connectivity index (χ0n) is 13.1. The Balaban J connectivity index is 1.88. The Kier molecular flexibility index (Phi) is 4.99. The van der Waals surface area contributed by atoms with Crippen LogP contribution >= 0.6 is 0 Å². The summed E-state index contributed by atoms with van der Waals surface area (Å²) in [5, 5.41) is 8.22. The van der Waals surface area contributed by atoms with E-state index in [-0.39, 0.29) is 5.97 Å². The first-order chi connectivity index (χ1) is 11.3. The summed E-state index contributed by atoms with van der Waals surface area (Å²) in [6, 6.07) is 7.63. The van der Waals surface area contributed by atoms with Gasteiger partial charge >= 0.3 is 5.97 Å². The molecule has 1 fully saturated rings. The molecule has 2 aromatic rings. The number of aromatic nitrogens is 3. The SMILES string of the molecule is CCOC(=O)/C(=C/n1nnc2ccccc21)CN1CCOCC1. The van der Waals surface area contributed by atoms with E-state index in [0.717, 1.165) is 24.1 Å². The van der Waals surface area contributed by atoms with Gasteiger partial charge in [-0.25, -0.2) is 9.48 Å². The molecule has 0 radical (unpaired) electrons. The number of esters is 1. The summed E-state index contributed by atoms with van der Waals surface area (Å²) in [6.07, 6.45) is 1.71. The van der Waals surface area contributed by atoms with E-state index < -0.39 is 0 Å². The van der Waals surface area contributed by atoms with Crippen LogP contribution in [0.15, 0.2) is 29.8 Å². The average molecular weight is 316 g/mol. The second kappa shape index (κ2) is 7.34. The highest BCUT2D eigenvalue weighted by Gasteiger charge is 2.18. The largest absolute Gasteiger partial charge is 0.463 e. The van der Waals surface area contributed by atoms with Crippen LogP contribution in [-0.4, -0.2) is 65.3 Å². The topological polar surface area (TPSA) is 69.5 Å². The van der Waals surface area contributed by atoms with Gasteiger partial charge < -0.3 is 9.47 Å². The van der Waals surface area contributed by atoms with Crippen LogP contribution < -0.4 is 0 Å². The number of benzene rings is 1. The van der Waals surface area contributed by atoms with Crippen LogP contribution in [0, 0.1) is 0 Å². The number of carbonyl (C=O) groups is 1. The molecule has 0 N–H and O–H groups in total. The second-order valence-corrected chi connectivity index (χ2v) is 5.29. The van der Waals surface area contributed by atoms with Crippen molar-refractivity contribution < 1.29 is 14.3 Å². The molecule has 1 aliphatic rings. The first kappa shape index (κ1) is 15.6. The van der Waals surface area contributed by atoms with Gasteiger partial charge in [-0.1, -0.05) is 17.3 Å². The van der Waals surface area contributed by atoms with Crippen molar-refractivity contribution in [2.24, 2.45) is 0 Å². The Morgan fingerprint density at radius 2 is 2.13 bits per heavy atom. The van der Waals surface area contributed by atoms with Gasteiger partial charge in [-0.2, -0.15) is 0 Å². The number of fused-ring (bicyclic) bond motifs is 1. The van der Waals surface area contributed by atoms with Crippen LogP contribution in [0.1, 0.15) is 6.92 Å². The molecule has 122 valence electrons. The molecule has 0 atom stereocenters. The number of nitrogens with zero attached hydrogens (tertiary/aromatic N) is 4. The van der Waals surface area contributed by atoms with Crippen molar-refractivity contribution in [3.8, 4) is 0 Å². The number of morpholine rings is 1. The highest BCUT2D eigenvalue weighted by Crippen LogP contribution is 2.13. The number of carbonyl (C=O) groups excluding carboxylic acids is 1. The van der Waals surface area contributed by atoms with Gasteiger partial charge in [0.25, 0.3) is 0 Å². The number of rotatable bonds is 5. The summed E-state index contributed by atoms with van der Waals surface area (Å²) in [5.74, 6) is -0.321. The van der Waals surface area contributed by atoms with Crippen molar-refractivity contribution in [1.29, 1.82) is 0 Å². The molecule has 0 spiro atoms. The third kappa shape index (κ3) is 3.75. The van der Waals surface area contributed by atoms with Crippen molar-refractivity contribution in [3.05, 3.63) is 29.8 Å². The third-order valence-electron chi connectivity index (χ3n) is 3.69. The molecule has 0 saturated carbocycles. The summed E-state index contributed by atoms with van der Waals surface area (Å²) in [7, 11) is 0. The molecular formula is C16H20N4O3. The average Bonchev–Trinajstić information content (AvgIpc) is 2.99. The Hall–Kier alpha value is -2.25. The molecule has 7 nitrogen and oxygen atoms in total. The number of ether oxygens (including phenoxy) is 2. The molecule has 7 heteroatoms. The van der Waals surface area contributed by atoms with Crippen molar-refractivity contribution in [2.75, 3.05) is 39.5 Å². The van der Waals surface area contributed by atoms with Crippen LogP contribution in [0.5, 0.6) is 0 Å². The van der Waals surface area contributed by atoms with E-state index in [1.807, 2.05) is 24.3 Å². The van der Waals surface area contributed by atoms with Gasteiger partial charge in [0.1, 0.15) is 5.52 Å². The molecule has 0 unspecified atom stereocenters. The predicted octanol–water partition coefficient (Wildman–Crippen LogP) is 1.17. The summed E-state index contributed by atoms with van der Waals surface area (Å²) < 4.78 is 12.2. The lowest BCUT2D eigenvalue weighted by molar-refractivity contribution is -0.138. The van der Waals surface area contributed by atoms with Gasteiger partial charge in [-0.15, -0.1) is 5.10 Å². The van der Waals surface area contributed by atoms with E-state index in [0.29, 0.717) is 31.9 Å². The van der Waals surface area contributed by atoms with Crippen LogP contribution in [-0.2, 0) is 14.3 Å². The summed E-state index contributed by atoms with van der Waals surface area (Å²) in [4.78, 5) is 14.4. The fraction of sp³-hybridized carbons (Fsp3) is 0.438. The van der Waals surface area contributed by atoms with Gasteiger partial charge in [0.2, 0.25) is 0 Å². The Morgan fingerprint density at radius 3 is 2.91 bits per heavy atom. The fourth-order valence-corrected chi connectivity index (χ4v) is 2.51. The van der Waals surface area contributed by atoms with Crippen LogP contribution in [0.25, 0.3) is 17.2 Å². The summed E-state index contributed by atoms with van der Waals surface area (Å²) in [5.41, 5.74) is 2.21. The quantitative estimate of drug-likeness (QED) is 0.609. The minimum Gasteiger partial charge on any atom is -0.463 e. The Bertz CT molecular complexity index is 704. The first-order valence-corrected chi connectivity index (χ1v) is 7.76. The molecule has 1 saturated heterocycles. The monoisotopic (exact) mass is 316 g/mol. The minimum absolute atomic E-state index is 0.321. The molecule has 0 aliphatic carbocycles. The molecule has 23 heavy (non-hydrogen) atoms. The molecule has 3 rings (SSSR count). The van der Waals surface area contributed by atoms with Crippen LogP contribution in [0.3, 0.4) is 0 Å². The maximum absolute atomic E-state index is 12.3. The number of hydrogen-bond acceptors (Lipinski definition) is 6. The van der Waals surface area contributed by atoms with E-state index in [2.05, 4.69) is 15.2 Å². The Labute approximate surface area is 134 Å². The predicted molar refractivity (Wildman–Crippen MR) is 85.7 cm³/mol. The van der Waals surface area contributed by atoms with Crippen molar-refractivity contribution in [2.45, 2.75) is 6.92 Å². The van der Waals surface area contributed by atoms with E-state index in [1.54, 1.807) is 17.8 Å². The van der Waals surface area contributed by atoms with E-state index in [4.69, 9.17) is 9.47 Å². The van der Waals surface area contributed by atoms with E-state index >= 15 is 0 Å². The highest BCUT2D eigenvalue weighted by molar-refractivity contribution is 5.93. The Morgan fingerprint density at radius 1 is 1.35 bits per heavy atom. The molecule has 2 heterocycles. The normalized spacial score (nSPS) is 16.7. The lowest BCUT2D eigenvalue weighted by atomic mass is 10.2.